The number of rotatable bonds is 0. The average molecular weight is 125 g/mol. The van der Waals surface area contributed by atoms with Crippen LogP contribution in [0.3, 0.4) is 0 Å². The van der Waals surface area contributed by atoms with E-state index in [-0.39, 0.29) is 14.9 Å². The second-order valence-corrected chi connectivity index (χ2v) is 0. The van der Waals surface area contributed by atoms with Gasteiger partial charge in [0.25, 0.3) is 0 Å². The van der Waals surface area contributed by atoms with Crippen molar-refractivity contribution in [3.8, 4) is 0 Å². The minimum atomic E-state index is 0. The van der Waals surface area contributed by atoms with Gasteiger partial charge in [0.1, 0.15) is 0 Å². The fraction of sp³-hybridized carbons (Fsp3) is 1.00. The van der Waals surface area contributed by atoms with Crippen LogP contribution in [0.4, 0.5) is 0 Å². The molecule has 0 aliphatic heterocycles. The van der Waals surface area contributed by atoms with Crippen LogP contribution in [-0.4, -0.2) is 0 Å². The summed E-state index contributed by atoms with van der Waals surface area (Å²) in [6, 6.07) is 0. The van der Waals surface area contributed by atoms with Crippen molar-refractivity contribution < 1.29 is 0 Å². The number of nitrogens with one attached hydrogen (secondary N) is 3. The van der Waals surface area contributed by atoms with E-state index in [1.165, 1.54) is 0 Å². The van der Waals surface area contributed by atoms with E-state index in [2.05, 4.69) is 16.8 Å². The predicted octanol–water partition coefficient (Wildman–Crippen LogP) is 2.27. The Balaban J connectivity index is -0.00000000500. The van der Waals surface area contributed by atoms with Crippen LogP contribution in [0.15, 0.2) is 0 Å². The van der Waals surface area contributed by atoms with Gasteiger partial charge in [0, 0.05) is 0 Å². The third-order valence-corrected chi connectivity index (χ3v) is 0. The van der Waals surface area contributed by atoms with E-state index in [4.69, 9.17) is 14.7 Å². The Morgan fingerprint density at radius 1 is 0.500 bits per heavy atom. The van der Waals surface area contributed by atoms with E-state index in [9.17, 15) is 0 Å². The van der Waals surface area contributed by atoms with Gasteiger partial charge in [0.2, 0.25) is 0 Å². The zero-order valence-corrected chi connectivity index (χ0v) is 2.72. The van der Waals surface area contributed by atoms with E-state index < -0.39 is 0 Å². The molecule has 0 bridgehead atoms. The van der Waals surface area contributed by atoms with Gasteiger partial charge in [0.05, 0.1) is 0 Å². The van der Waals surface area contributed by atoms with Crippen molar-refractivity contribution in [2.24, 2.45) is 0 Å². The van der Waals surface area contributed by atoms with Gasteiger partial charge in [-0.1, -0.05) is 31.6 Å². The highest BCUT2D eigenvalue weighted by Gasteiger charge is 0.592. The topological polar surface area (TPSA) is 123 Å². The summed E-state index contributed by atoms with van der Waals surface area (Å²) in [6.45, 7) is 0. The maximum absolute atomic E-state index is 7.50. The van der Waals surface area contributed by atoms with Gasteiger partial charge in [-0.3, -0.25) is 0 Å². The molecular formula is C2H11N3O3. The summed E-state index contributed by atoms with van der Waals surface area (Å²) >= 11 is 0. The maximum atomic E-state index is 7.50. The molecule has 0 saturated carbocycles. The Morgan fingerprint density at radius 2 is 0.500 bits per heavy atom. The first-order valence-corrected chi connectivity index (χ1v) is 0.612. The largest absolute Gasteiger partial charge is 0.154 e. The molecule has 0 aromatic heterocycles. The van der Waals surface area contributed by atoms with Gasteiger partial charge >= 0.3 is 0 Å². The van der Waals surface area contributed by atoms with Crippen molar-refractivity contribution in [1.82, 2.24) is 0 Å². The van der Waals surface area contributed by atoms with Gasteiger partial charge < -0.3 is 0 Å². The maximum Gasteiger partial charge on any atom is -0.0776 e. The Labute approximate surface area is 47.6 Å². The highest BCUT2D eigenvalue weighted by molar-refractivity contribution is 3.64. The first kappa shape index (κ1) is 70.6. The summed E-state index contributed by atoms with van der Waals surface area (Å²) in [6.07, 6.45) is 0. The van der Waals surface area contributed by atoms with Gasteiger partial charge in [-0.15, -0.1) is 0 Å². The first-order chi connectivity index (χ1) is 3.00. The van der Waals surface area contributed by atoms with Crippen molar-refractivity contribution in [2.45, 2.75) is 14.9 Å². The van der Waals surface area contributed by atoms with Crippen LogP contribution in [0, 0.1) is 31.5 Å². The van der Waals surface area contributed by atoms with E-state index in [1.807, 2.05) is 0 Å². The minimum Gasteiger partial charge on any atom is -0.154 e. The average Bonchev–Trinajstić information content (AvgIpc) is 1.81. The van der Waals surface area contributed by atoms with Gasteiger partial charge in [0.15, 0.2) is 0 Å². The normalized spacial score (nSPS) is 1.50. The van der Waals surface area contributed by atoms with Crippen molar-refractivity contribution in [2.75, 3.05) is 0 Å². The van der Waals surface area contributed by atoms with Crippen molar-refractivity contribution in [3.63, 3.8) is 0 Å². The van der Waals surface area contributed by atoms with E-state index >= 15 is 0 Å². The zero-order valence-electron chi connectivity index (χ0n) is 2.72. The molecule has 0 unspecified atom stereocenters. The van der Waals surface area contributed by atoms with Crippen molar-refractivity contribution >= 4 is 0 Å². The molecule has 6 heteroatoms. The lowest BCUT2D eigenvalue weighted by Crippen LogP contribution is -0.649. The molecule has 0 atom stereocenters. The fourth-order valence-electron chi connectivity index (χ4n) is 0. The fourth-order valence-corrected chi connectivity index (χ4v) is 0. The number of hydrogen-bond donors (Lipinski definition) is 3. The molecule has 0 saturated heterocycles. The Bertz CT molecular complexity index is 17.2. The van der Waals surface area contributed by atoms with Gasteiger partial charge in [-0.25, -0.2) is 0 Å². The summed E-state index contributed by atoms with van der Waals surface area (Å²) in [4.78, 5) is 22.5. The quantitative estimate of drug-likeness (QED) is 0.430. The Kier molecular flexibility index (Phi) is 819. The third kappa shape index (κ3) is 48.1. The molecule has 0 aliphatic rings. The van der Waals surface area contributed by atoms with E-state index in [0.717, 1.165) is 0 Å². The van der Waals surface area contributed by atoms with Crippen LogP contribution >= 0.6 is 0 Å². The van der Waals surface area contributed by atoms with Gasteiger partial charge in [-0.2, -0.15) is 14.7 Å². The molecule has 0 amide bonds. The zero-order chi connectivity index (χ0) is 6.00. The van der Waals surface area contributed by atoms with Crippen LogP contribution in [0.2, 0.25) is 0 Å². The molecule has 0 rings (SSSR count). The standard InChI is InChI=1S/2CH4.3HNO/c;;3*1-2/h2*1H4;3*1H. The van der Waals surface area contributed by atoms with Crippen LogP contribution in [-0.2, 0) is 0 Å². The number of nitroso groups, excluding NO2 is 3. The molecule has 0 aliphatic carbocycles. The summed E-state index contributed by atoms with van der Waals surface area (Å²) in [5.41, 5.74) is 13.5. The number of hydrogen-bond acceptors (Lipinski definition) is 6. The molecule has 52 valence electrons. The molecule has 0 spiro atoms. The lowest BCUT2D eigenvalue weighted by Gasteiger charge is -0.827. The van der Waals surface area contributed by atoms with E-state index in [0.29, 0.717) is 0 Å². The SMILES string of the molecule is C.C.N=O.N=O.N=O. The smallest absolute Gasteiger partial charge is 0.0776 e. The van der Waals surface area contributed by atoms with E-state index in [1.54, 1.807) is 0 Å². The lowest BCUT2D eigenvalue weighted by molar-refractivity contribution is 1.49. The lowest BCUT2D eigenvalue weighted by atomic mass is 12.0. The first-order valence-electron chi connectivity index (χ1n) is 0.612. The molecular weight excluding hydrogens is 114 g/mol. The molecule has 0 heterocycles. The summed E-state index contributed by atoms with van der Waals surface area (Å²) in [7, 11) is 0. The van der Waals surface area contributed by atoms with Crippen molar-refractivity contribution in [1.29, 1.82) is 16.8 Å². The highest BCUT2D eigenvalue weighted by Crippen LogP contribution is 0.770. The molecule has 3 N–H and O–H groups in total. The Morgan fingerprint density at radius 3 is 0.500 bits per heavy atom. The Hall–Kier alpha value is -1.20. The monoisotopic (exact) mass is 125 g/mol. The summed E-state index contributed by atoms with van der Waals surface area (Å²) < 4.78 is 0. The minimum absolute atomic E-state index is 0. The molecule has 0 fully saturated rings. The van der Waals surface area contributed by atoms with Gasteiger partial charge in [-0.05, 0) is 0 Å². The third-order valence-electron chi connectivity index (χ3n) is 0. The van der Waals surface area contributed by atoms with Crippen LogP contribution in [0.25, 0.3) is 0 Å². The molecule has 0 aromatic rings. The predicted molar refractivity (Wildman–Crippen MR) is 31.7 cm³/mol. The second-order valence-electron chi connectivity index (χ2n) is 0. The highest BCUT2D eigenvalue weighted by atomic mass is 16.2. The second kappa shape index (κ2) is 92.8. The van der Waals surface area contributed by atoms with Crippen LogP contribution in [0.1, 0.15) is 14.9 Å². The van der Waals surface area contributed by atoms with Crippen LogP contribution in [0.5, 0.6) is 0 Å². The molecule has 8 heavy (non-hydrogen) atoms. The summed E-state index contributed by atoms with van der Waals surface area (Å²) in [5.74, 6) is 0. The molecule has 6 nitrogen and oxygen atoms in total. The molecule has 0 aromatic carbocycles. The van der Waals surface area contributed by atoms with Crippen LogP contribution < -0.4 is 0 Å². The molecule has 0 radical (unpaired) electrons. The van der Waals surface area contributed by atoms with Crippen molar-refractivity contribution in [3.05, 3.63) is 14.7 Å². The summed E-state index contributed by atoms with van der Waals surface area (Å²) in [5, 5.41) is 0.